The number of amides is 1. The topological polar surface area (TPSA) is 38.3 Å². The van der Waals surface area contributed by atoms with Gasteiger partial charge in [-0.1, -0.05) is 12.1 Å². The lowest BCUT2D eigenvalue weighted by Crippen LogP contribution is -2.20. The van der Waals surface area contributed by atoms with E-state index >= 15 is 0 Å². The van der Waals surface area contributed by atoms with Crippen LogP contribution in [-0.2, 0) is 4.79 Å². The van der Waals surface area contributed by atoms with Gasteiger partial charge in [0.25, 0.3) is 5.91 Å². The van der Waals surface area contributed by atoms with Gasteiger partial charge in [0.05, 0.1) is 4.58 Å². The molecular weight excluding hydrogens is 357 g/mol. The average Bonchev–Trinajstić information content (AvgIpc) is 2.63. The van der Waals surface area contributed by atoms with Crippen LogP contribution in [0.3, 0.4) is 0 Å². The highest BCUT2D eigenvalue weighted by Gasteiger charge is 2.16. The Bertz CT molecular complexity index is 731. The van der Waals surface area contributed by atoms with Gasteiger partial charge in [0, 0.05) is 5.69 Å². The number of anilines is 1. The van der Waals surface area contributed by atoms with Gasteiger partial charge in [-0.3, -0.25) is 4.79 Å². The van der Waals surface area contributed by atoms with Crippen LogP contribution in [0.4, 0.5) is 10.1 Å². The molecule has 2 aromatic carbocycles. The van der Waals surface area contributed by atoms with Crippen LogP contribution in [0.25, 0.3) is 0 Å². The van der Waals surface area contributed by atoms with Crippen LogP contribution in [0, 0.1) is 12.7 Å². The Hall–Kier alpha value is -1.66. The zero-order chi connectivity index (χ0) is 17.6. The second-order valence-electron chi connectivity index (χ2n) is 5.79. The third-order valence-electron chi connectivity index (χ3n) is 3.81. The Labute approximate surface area is 155 Å². The SMILES string of the molecule is Cc1cc(F)ccc1NC(=O)COc1ccc(C2SCCCS2)cc1. The van der Waals surface area contributed by atoms with Crippen LogP contribution < -0.4 is 10.1 Å². The summed E-state index contributed by atoms with van der Waals surface area (Å²) in [5.41, 5.74) is 2.56. The molecule has 0 aromatic heterocycles. The molecular formula is C19H20FNO2S2. The third-order valence-corrected chi connectivity index (χ3v) is 6.83. The molecule has 6 heteroatoms. The second kappa shape index (κ2) is 8.63. The van der Waals surface area contributed by atoms with Crippen LogP contribution in [0.5, 0.6) is 5.75 Å². The molecule has 132 valence electrons. The van der Waals surface area contributed by atoms with E-state index in [0.29, 0.717) is 21.6 Å². The molecule has 1 saturated heterocycles. The summed E-state index contributed by atoms with van der Waals surface area (Å²) in [5, 5.41) is 2.73. The normalized spacial score (nSPS) is 15.0. The molecule has 25 heavy (non-hydrogen) atoms. The fourth-order valence-electron chi connectivity index (χ4n) is 2.50. The summed E-state index contributed by atoms with van der Waals surface area (Å²) in [7, 11) is 0. The van der Waals surface area contributed by atoms with Gasteiger partial charge in [0.15, 0.2) is 6.61 Å². The molecule has 0 bridgehead atoms. The van der Waals surface area contributed by atoms with Crippen molar-refractivity contribution >= 4 is 35.1 Å². The molecule has 1 aliphatic rings. The molecule has 2 aromatic rings. The molecule has 1 fully saturated rings. The van der Waals surface area contributed by atoms with E-state index in [1.165, 1.54) is 35.6 Å². The van der Waals surface area contributed by atoms with Crippen molar-refractivity contribution in [1.29, 1.82) is 0 Å². The number of hydrogen-bond donors (Lipinski definition) is 1. The van der Waals surface area contributed by atoms with Crippen molar-refractivity contribution in [3.05, 3.63) is 59.4 Å². The van der Waals surface area contributed by atoms with Crippen LogP contribution in [-0.4, -0.2) is 24.0 Å². The van der Waals surface area contributed by atoms with Gasteiger partial charge in [-0.15, -0.1) is 23.5 Å². The van der Waals surface area contributed by atoms with E-state index in [2.05, 4.69) is 17.4 Å². The number of ether oxygens (including phenoxy) is 1. The largest absolute Gasteiger partial charge is 0.484 e. The maximum atomic E-state index is 13.1. The fourth-order valence-corrected chi connectivity index (χ4v) is 5.40. The molecule has 3 nitrogen and oxygen atoms in total. The maximum absolute atomic E-state index is 13.1. The molecule has 0 aliphatic carbocycles. The molecule has 0 spiro atoms. The fraction of sp³-hybridized carbons (Fsp3) is 0.316. The zero-order valence-corrected chi connectivity index (χ0v) is 15.6. The van der Waals surface area contributed by atoms with E-state index < -0.39 is 0 Å². The summed E-state index contributed by atoms with van der Waals surface area (Å²) in [4.78, 5) is 12.0. The quantitative estimate of drug-likeness (QED) is 0.794. The maximum Gasteiger partial charge on any atom is 0.262 e. The van der Waals surface area contributed by atoms with Gasteiger partial charge in [0.1, 0.15) is 11.6 Å². The number of hydrogen-bond acceptors (Lipinski definition) is 4. The number of thioether (sulfide) groups is 2. The number of benzene rings is 2. The van der Waals surface area contributed by atoms with Gasteiger partial charge in [-0.25, -0.2) is 4.39 Å². The van der Waals surface area contributed by atoms with Gasteiger partial charge in [-0.05, 0) is 66.3 Å². The predicted molar refractivity (Wildman–Crippen MR) is 104 cm³/mol. The first-order valence-corrected chi connectivity index (χ1v) is 10.2. The Morgan fingerprint density at radius 2 is 1.92 bits per heavy atom. The van der Waals surface area contributed by atoms with Crippen LogP contribution in [0.2, 0.25) is 0 Å². The van der Waals surface area contributed by atoms with E-state index in [1.54, 1.807) is 13.0 Å². The van der Waals surface area contributed by atoms with Gasteiger partial charge in [-0.2, -0.15) is 0 Å². The van der Waals surface area contributed by atoms with Crippen LogP contribution >= 0.6 is 23.5 Å². The van der Waals surface area contributed by atoms with Gasteiger partial charge in [0.2, 0.25) is 0 Å². The smallest absolute Gasteiger partial charge is 0.262 e. The Morgan fingerprint density at radius 1 is 1.20 bits per heavy atom. The van der Waals surface area contributed by atoms with Gasteiger partial charge < -0.3 is 10.1 Å². The monoisotopic (exact) mass is 377 g/mol. The number of halogens is 1. The van der Waals surface area contributed by atoms with Crippen molar-refractivity contribution in [3.63, 3.8) is 0 Å². The van der Waals surface area contributed by atoms with E-state index in [-0.39, 0.29) is 18.3 Å². The predicted octanol–water partition coefficient (Wildman–Crippen LogP) is 5.02. The Balaban J connectivity index is 1.51. The van der Waals surface area contributed by atoms with E-state index in [0.717, 1.165) is 0 Å². The van der Waals surface area contributed by atoms with Crippen molar-refractivity contribution in [3.8, 4) is 5.75 Å². The van der Waals surface area contributed by atoms with Crippen LogP contribution in [0.15, 0.2) is 42.5 Å². The van der Waals surface area contributed by atoms with E-state index in [4.69, 9.17) is 4.74 Å². The molecule has 3 rings (SSSR count). The summed E-state index contributed by atoms with van der Waals surface area (Å²) in [5.74, 6) is 2.50. The summed E-state index contributed by atoms with van der Waals surface area (Å²) in [6, 6.07) is 12.2. The zero-order valence-electron chi connectivity index (χ0n) is 14.0. The first kappa shape index (κ1) is 18.1. The highest BCUT2D eigenvalue weighted by Crippen LogP contribution is 2.43. The van der Waals surface area contributed by atoms with Gasteiger partial charge >= 0.3 is 0 Å². The minimum Gasteiger partial charge on any atom is -0.484 e. The molecule has 0 radical (unpaired) electrons. The number of aryl methyl sites for hydroxylation is 1. The van der Waals surface area contributed by atoms with Crippen molar-refractivity contribution in [1.82, 2.24) is 0 Å². The first-order chi connectivity index (χ1) is 12.1. The minimum atomic E-state index is -0.318. The molecule has 0 unspecified atom stereocenters. The number of rotatable bonds is 5. The lowest BCUT2D eigenvalue weighted by atomic mass is 10.2. The minimum absolute atomic E-state index is 0.0803. The lowest BCUT2D eigenvalue weighted by Gasteiger charge is -2.21. The number of carbonyl (C=O) groups excluding carboxylic acids is 1. The Kier molecular flexibility index (Phi) is 6.26. The molecule has 1 N–H and O–H groups in total. The second-order valence-corrected chi connectivity index (χ2v) is 8.52. The molecule has 1 aliphatic heterocycles. The average molecular weight is 378 g/mol. The number of carbonyl (C=O) groups is 1. The third kappa shape index (κ3) is 5.16. The molecule has 1 amide bonds. The summed E-state index contributed by atoms with van der Waals surface area (Å²) >= 11 is 3.95. The first-order valence-electron chi connectivity index (χ1n) is 8.14. The lowest BCUT2D eigenvalue weighted by molar-refractivity contribution is -0.118. The van der Waals surface area contributed by atoms with Crippen molar-refractivity contribution < 1.29 is 13.9 Å². The summed E-state index contributed by atoms with van der Waals surface area (Å²) < 4.78 is 19.1. The number of nitrogens with one attached hydrogen (secondary N) is 1. The highest BCUT2D eigenvalue weighted by atomic mass is 32.2. The standard InChI is InChI=1S/C19H20FNO2S2/c1-13-11-15(20)5-8-17(13)21-18(22)12-23-16-6-3-14(4-7-16)19-24-9-2-10-25-19/h3-8,11,19H,2,9-10,12H2,1H3,(H,21,22). The van der Waals surface area contributed by atoms with E-state index in [1.807, 2.05) is 35.7 Å². The van der Waals surface area contributed by atoms with Crippen molar-refractivity contribution in [2.45, 2.75) is 17.9 Å². The van der Waals surface area contributed by atoms with E-state index in [9.17, 15) is 9.18 Å². The van der Waals surface area contributed by atoms with Crippen LogP contribution in [0.1, 0.15) is 22.1 Å². The molecule has 0 saturated carbocycles. The molecule has 0 atom stereocenters. The Morgan fingerprint density at radius 3 is 2.60 bits per heavy atom. The van der Waals surface area contributed by atoms with Crippen molar-refractivity contribution in [2.24, 2.45) is 0 Å². The summed E-state index contributed by atoms with van der Waals surface area (Å²) in [6.07, 6.45) is 1.27. The molecule has 1 heterocycles. The summed E-state index contributed by atoms with van der Waals surface area (Å²) in [6.45, 7) is 1.67. The van der Waals surface area contributed by atoms with Crippen molar-refractivity contribution in [2.75, 3.05) is 23.4 Å². The highest BCUT2D eigenvalue weighted by molar-refractivity contribution is 8.16.